The van der Waals surface area contributed by atoms with Gasteiger partial charge in [0.25, 0.3) is 0 Å². The monoisotopic (exact) mass is 430 g/mol. The van der Waals surface area contributed by atoms with Gasteiger partial charge in [0.2, 0.25) is 0 Å². The predicted octanol–water partition coefficient (Wildman–Crippen LogP) is 2.43. The van der Waals surface area contributed by atoms with Crippen LogP contribution >= 0.6 is 10.3 Å². The minimum Gasteiger partial charge on any atom is -0.395 e. The van der Waals surface area contributed by atoms with E-state index >= 15 is 0 Å². The highest BCUT2D eigenvalue weighted by Crippen LogP contribution is 2.51. The van der Waals surface area contributed by atoms with Crippen molar-refractivity contribution in [2.45, 2.75) is 11.8 Å². The summed E-state index contributed by atoms with van der Waals surface area (Å²) in [6.45, 7) is 0.921. The number of hydrogen-bond donors (Lipinski definition) is 2. The van der Waals surface area contributed by atoms with Gasteiger partial charge in [-0.1, -0.05) is 29.8 Å². The van der Waals surface area contributed by atoms with E-state index in [2.05, 4.69) is 0 Å². The van der Waals surface area contributed by atoms with E-state index in [0.717, 1.165) is 11.6 Å². The van der Waals surface area contributed by atoms with Crippen LogP contribution in [0.5, 0.6) is 0 Å². The maximum atomic E-state index is 14.0. The maximum Gasteiger partial charge on any atom is 0.306 e. The van der Waals surface area contributed by atoms with E-state index in [1.54, 1.807) is 19.1 Å². The molecule has 0 saturated heterocycles. The van der Waals surface area contributed by atoms with Crippen molar-refractivity contribution in [1.29, 1.82) is 0 Å². The van der Waals surface area contributed by atoms with E-state index < -0.39 is 51.0 Å². The van der Waals surface area contributed by atoms with Gasteiger partial charge in [-0.25, -0.2) is 8.02 Å². The van der Waals surface area contributed by atoms with Crippen molar-refractivity contribution in [3.05, 3.63) is 65.5 Å². The lowest BCUT2D eigenvalue weighted by Gasteiger charge is -2.36. The molecule has 0 fully saturated rings. The van der Waals surface area contributed by atoms with Crippen molar-refractivity contribution in [3.8, 4) is 0 Å². The molecule has 0 heterocycles. The first-order valence-electron chi connectivity index (χ1n) is 8.51. The highest BCUT2D eigenvalue weighted by atomic mass is 32.3. The summed E-state index contributed by atoms with van der Waals surface area (Å²) >= 11 is 0. The van der Waals surface area contributed by atoms with Crippen molar-refractivity contribution >= 4 is 26.2 Å². The highest BCUT2D eigenvalue weighted by molar-refractivity contribution is 8.33. The smallest absolute Gasteiger partial charge is 0.306 e. The molecule has 0 radical (unpaired) electrons. The standard InChI is InChI=1S/C19H23FO6S2/c1-15-6-8-16(9-7-15)28(24,25)26-27(12-10-21,13-11-22)14-19(23)17-4-2-3-5-18(17)20/h2-9,21-22H,10-14H2,1H3. The molecule has 0 atom stereocenters. The van der Waals surface area contributed by atoms with E-state index in [1.807, 2.05) is 0 Å². The van der Waals surface area contributed by atoms with Crippen LogP contribution in [-0.2, 0) is 13.7 Å². The number of benzene rings is 2. The van der Waals surface area contributed by atoms with Crippen LogP contribution in [0.1, 0.15) is 15.9 Å². The first kappa shape index (κ1) is 22.5. The lowest BCUT2D eigenvalue weighted by molar-refractivity contribution is 0.101. The Morgan fingerprint density at radius 3 is 2.11 bits per heavy atom. The van der Waals surface area contributed by atoms with Gasteiger partial charge in [0.05, 0.1) is 29.4 Å². The second-order valence-electron chi connectivity index (χ2n) is 6.20. The molecule has 0 saturated carbocycles. The van der Waals surface area contributed by atoms with Gasteiger partial charge in [-0.3, -0.25) is 4.79 Å². The number of aliphatic hydroxyl groups is 2. The molecular weight excluding hydrogens is 407 g/mol. The third-order valence-electron chi connectivity index (χ3n) is 4.04. The first-order valence-corrected chi connectivity index (χ1v) is 12.0. The van der Waals surface area contributed by atoms with Gasteiger partial charge in [-0.2, -0.15) is 8.42 Å². The van der Waals surface area contributed by atoms with Gasteiger partial charge in [-0.05, 0) is 31.2 Å². The van der Waals surface area contributed by atoms with E-state index in [1.165, 1.54) is 30.3 Å². The van der Waals surface area contributed by atoms with E-state index in [0.29, 0.717) is 0 Å². The number of ketones is 1. The number of rotatable bonds is 10. The van der Waals surface area contributed by atoms with E-state index in [9.17, 15) is 27.8 Å². The molecule has 2 aromatic carbocycles. The number of Topliss-reactive ketones (excluding diaryl/α,β-unsaturated/α-hetero) is 1. The van der Waals surface area contributed by atoms with E-state index in [-0.39, 0.29) is 22.0 Å². The summed E-state index contributed by atoms with van der Waals surface area (Å²) in [6.07, 6.45) is 0. The van der Waals surface area contributed by atoms with Gasteiger partial charge >= 0.3 is 10.1 Å². The molecule has 28 heavy (non-hydrogen) atoms. The molecule has 2 rings (SSSR count). The Morgan fingerprint density at radius 1 is 1.00 bits per heavy atom. The molecule has 0 aliphatic rings. The molecule has 2 aromatic rings. The van der Waals surface area contributed by atoms with Crippen LogP contribution < -0.4 is 0 Å². The van der Waals surface area contributed by atoms with E-state index in [4.69, 9.17) is 3.63 Å². The Labute approximate surface area is 165 Å². The minimum atomic E-state index is -4.25. The number of halogens is 1. The summed E-state index contributed by atoms with van der Waals surface area (Å²) in [5.74, 6) is -2.08. The number of carbonyl (C=O) groups excluding carboxylic acids is 1. The molecular formula is C19H23FO6S2. The molecule has 154 valence electrons. The van der Waals surface area contributed by atoms with Crippen molar-refractivity contribution in [2.75, 3.05) is 30.5 Å². The van der Waals surface area contributed by atoms with Gasteiger partial charge in [0, 0.05) is 11.5 Å². The van der Waals surface area contributed by atoms with Gasteiger partial charge < -0.3 is 10.2 Å². The molecule has 6 nitrogen and oxygen atoms in total. The van der Waals surface area contributed by atoms with Gasteiger partial charge in [0.15, 0.2) is 5.78 Å². The fraction of sp³-hybridized carbons (Fsp3) is 0.316. The molecule has 0 aromatic heterocycles. The topological polar surface area (TPSA) is 101 Å². The van der Waals surface area contributed by atoms with Crippen LogP contribution in [0, 0.1) is 12.7 Å². The first-order chi connectivity index (χ1) is 13.2. The summed E-state index contributed by atoms with van der Waals surface area (Å²) in [5, 5.41) is 18.9. The third kappa shape index (κ3) is 5.62. The Bertz CT molecular complexity index is 906. The zero-order valence-corrected chi connectivity index (χ0v) is 17.0. The summed E-state index contributed by atoms with van der Waals surface area (Å²) in [4.78, 5) is 12.5. The minimum absolute atomic E-state index is 0.0933. The molecule has 0 bridgehead atoms. The summed E-state index contributed by atoms with van der Waals surface area (Å²) in [7, 11) is -7.03. The normalized spacial score (nSPS) is 12.7. The summed E-state index contributed by atoms with van der Waals surface area (Å²) in [5.41, 5.74) is 0.671. The average Bonchev–Trinajstić information content (AvgIpc) is 2.62. The van der Waals surface area contributed by atoms with Crippen molar-refractivity contribution in [1.82, 2.24) is 0 Å². The fourth-order valence-corrected chi connectivity index (χ4v) is 7.44. The van der Waals surface area contributed by atoms with Gasteiger partial charge in [-0.15, -0.1) is 10.3 Å². The number of hydrogen-bond acceptors (Lipinski definition) is 6. The summed E-state index contributed by atoms with van der Waals surface area (Å²) < 4.78 is 44.9. The molecule has 0 amide bonds. The van der Waals surface area contributed by atoms with Crippen LogP contribution in [0.3, 0.4) is 0 Å². The van der Waals surface area contributed by atoms with Crippen LogP contribution in [0.15, 0.2) is 53.4 Å². The molecule has 2 N–H and O–H groups in total. The SMILES string of the molecule is Cc1ccc(S(=O)(=O)OS(CCO)(CCO)CC(=O)c2ccccc2F)cc1. The zero-order valence-electron chi connectivity index (χ0n) is 15.4. The molecule has 0 aliphatic carbocycles. The third-order valence-corrected chi connectivity index (χ3v) is 9.40. The number of aliphatic hydroxyl groups excluding tert-OH is 2. The Kier molecular flexibility index (Phi) is 7.73. The highest BCUT2D eigenvalue weighted by Gasteiger charge is 2.35. The second kappa shape index (κ2) is 9.62. The van der Waals surface area contributed by atoms with Crippen molar-refractivity contribution in [3.63, 3.8) is 0 Å². The summed E-state index contributed by atoms with van der Waals surface area (Å²) in [6, 6.07) is 11.3. The maximum absolute atomic E-state index is 14.0. The van der Waals surface area contributed by atoms with Crippen LogP contribution in [0.4, 0.5) is 4.39 Å². The number of carbonyl (C=O) groups is 1. The second-order valence-corrected chi connectivity index (χ2v) is 11.2. The lowest BCUT2D eigenvalue weighted by Crippen LogP contribution is -2.28. The van der Waals surface area contributed by atoms with Crippen LogP contribution in [-0.4, -0.2) is 54.9 Å². The van der Waals surface area contributed by atoms with Crippen LogP contribution in [0.2, 0.25) is 0 Å². The van der Waals surface area contributed by atoms with Gasteiger partial charge in [0.1, 0.15) is 5.82 Å². The lowest BCUT2D eigenvalue weighted by atomic mass is 10.1. The predicted molar refractivity (Wildman–Crippen MR) is 107 cm³/mol. The van der Waals surface area contributed by atoms with Crippen molar-refractivity contribution in [2.24, 2.45) is 0 Å². The average molecular weight is 431 g/mol. The molecule has 0 unspecified atom stereocenters. The quantitative estimate of drug-likeness (QED) is 0.562. The Balaban J connectivity index is 2.38. The fourth-order valence-electron chi connectivity index (χ4n) is 2.61. The van der Waals surface area contributed by atoms with Crippen molar-refractivity contribution < 1.29 is 31.4 Å². The Morgan fingerprint density at radius 2 is 1.57 bits per heavy atom. The number of aryl methyl sites for hydroxylation is 1. The molecule has 0 aliphatic heterocycles. The molecule has 9 heteroatoms. The Hall–Kier alpha value is -1.78. The zero-order chi connectivity index (χ0) is 20.8. The van der Waals surface area contributed by atoms with Crippen LogP contribution in [0.25, 0.3) is 0 Å². The molecule has 0 spiro atoms. The largest absolute Gasteiger partial charge is 0.395 e.